The molecular formula is C39H32BN3OSi. The van der Waals surface area contributed by atoms with E-state index in [1.807, 2.05) is 24.3 Å². The van der Waals surface area contributed by atoms with Gasteiger partial charge in [0, 0.05) is 37.4 Å². The van der Waals surface area contributed by atoms with Crippen LogP contribution in [0.25, 0.3) is 0 Å². The van der Waals surface area contributed by atoms with Crippen LogP contribution in [0.5, 0.6) is 11.6 Å². The number of rotatable bonds is 6. The largest absolute Gasteiger partial charge is 0.439 e. The van der Waals surface area contributed by atoms with E-state index in [4.69, 9.17) is 4.74 Å². The van der Waals surface area contributed by atoms with Crippen molar-refractivity contribution in [2.75, 3.05) is 18.6 Å². The van der Waals surface area contributed by atoms with Gasteiger partial charge in [-0.05, 0) is 51.1 Å². The molecule has 5 aromatic carbocycles. The maximum absolute atomic E-state index is 6.26. The van der Waals surface area contributed by atoms with Crippen molar-refractivity contribution >= 4 is 57.6 Å². The van der Waals surface area contributed by atoms with Crippen LogP contribution in [0.15, 0.2) is 164 Å². The molecule has 0 amide bonds. The summed E-state index contributed by atoms with van der Waals surface area (Å²) in [5.41, 5.74) is 5.10. The highest BCUT2D eigenvalue weighted by molar-refractivity contribution is 7.26. The van der Waals surface area contributed by atoms with Gasteiger partial charge in [-0.3, -0.25) is 0 Å². The van der Waals surface area contributed by atoms with Gasteiger partial charge in [0.15, 0.2) is 8.07 Å². The number of hydrogen-bond acceptors (Lipinski definition) is 4. The van der Waals surface area contributed by atoms with Crippen LogP contribution in [0.3, 0.4) is 0 Å². The summed E-state index contributed by atoms with van der Waals surface area (Å²) in [6.07, 6.45) is 6.07. The van der Waals surface area contributed by atoms with Crippen LogP contribution in [-0.4, -0.2) is 38.4 Å². The van der Waals surface area contributed by atoms with Gasteiger partial charge in [-0.15, -0.1) is 0 Å². The summed E-state index contributed by atoms with van der Waals surface area (Å²) >= 11 is 0. The Kier molecular flexibility index (Phi) is 6.84. The second-order valence-electron chi connectivity index (χ2n) is 11.8. The lowest BCUT2D eigenvalue weighted by atomic mass is 9.36. The summed E-state index contributed by atoms with van der Waals surface area (Å²) in [5, 5.41) is 5.65. The Morgan fingerprint density at radius 1 is 0.644 bits per heavy atom. The molecular weight excluding hydrogens is 565 g/mol. The van der Waals surface area contributed by atoms with Gasteiger partial charge in [0.05, 0.1) is 6.67 Å². The fraction of sp³-hybridized carbons (Fsp3) is 0.0513. The molecule has 0 saturated carbocycles. The zero-order valence-corrected chi connectivity index (χ0v) is 26.1. The molecule has 8 rings (SSSR count). The van der Waals surface area contributed by atoms with Gasteiger partial charge < -0.3 is 14.5 Å². The maximum Gasteiger partial charge on any atom is 0.241 e. The monoisotopic (exact) mass is 597 g/mol. The minimum absolute atomic E-state index is 0.0285. The van der Waals surface area contributed by atoms with Crippen molar-refractivity contribution in [1.82, 2.24) is 9.88 Å². The molecule has 0 bridgehead atoms. The Bertz CT molecular complexity index is 1960. The molecule has 0 spiro atoms. The lowest BCUT2D eigenvalue weighted by Crippen LogP contribution is -2.86. The van der Waals surface area contributed by atoms with E-state index in [0.29, 0.717) is 5.88 Å². The molecule has 6 aromatic rings. The second kappa shape index (κ2) is 11.3. The third kappa shape index (κ3) is 4.66. The molecule has 6 heteroatoms. The van der Waals surface area contributed by atoms with Crippen molar-refractivity contribution in [1.29, 1.82) is 0 Å². The number of benzene rings is 5. The number of ether oxygens (including phenoxy) is 1. The van der Waals surface area contributed by atoms with Crippen LogP contribution >= 0.6 is 0 Å². The molecule has 2 aliphatic rings. The van der Waals surface area contributed by atoms with Crippen molar-refractivity contribution < 1.29 is 4.74 Å². The fourth-order valence-corrected chi connectivity index (χ4v) is 12.5. The van der Waals surface area contributed by atoms with E-state index in [1.54, 1.807) is 6.20 Å². The first-order valence-corrected chi connectivity index (χ1v) is 17.4. The molecule has 1 aromatic heterocycles. The number of aromatic nitrogens is 1. The predicted molar refractivity (Wildman–Crippen MR) is 190 cm³/mol. The number of nitrogens with zero attached hydrogens (tertiary/aromatic N) is 3. The highest BCUT2D eigenvalue weighted by atomic mass is 28.3. The van der Waals surface area contributed by atoms with Gasteiger partial charge in [-0.1, -0.05) is 126 Å². The molecule has 0 N–H and O–H groups in total. The van der Waals surface area contributed by atoms with Crippen LogP contribution in [0.4, 0.5) is 5.69 Å². The number of anilines is 1. The zero-order chi connectivity index (χ0) is 30.2. The Balaban J connectivity index is 1.40. The Morgan fingerprint density at radius 2 is 1.36 bits per heavy atom. The van der Waals surface area contributed by atoms with Crippen LogP contribution in [0.1, 0.15) is 0 Å². The molecule has 0 fully saturated rings. The van der Waals surface area contributed by atoms with Crippen molar-refractivity contribution in [3.63, 3.8) is 0 Å². The number of hydrogen-bond donors (Lipinski definition) is 0. The molecule has 0 saturated heterocycles. The van der Waals surface area contributed by atoms with Crippen LogP contribution in [0.2, 0.25) is 0 Å². The normalized spacial score (nSPS) is 14.6. The van der Waals surface area contributed by atoms with E-state index in [9.17, 15) is 0 Å². The Morgan fingerprint density at radius 3 is 2.07 bits per heavy atom. The third-order valence-electron chi connectivity index (χ3n) is 9.10. The average Bonchev–Trinajstić information content (AvgIpc) is 3.54. The maximum atomic E-state index is 6.26. The topological polar surface area (TPSA) is 28.6 Å². The summed E-state index contributed by atoms with van der Waals surface area (Å²) in [5.74, 6) is 1.37. The lowest BCUT2D eigenvalue weighted by molar-refractivity contribution is 0.463. The first kappa shape index (κ1) is 27.2. The minimum atomic E-state index is -2.69. The van der Waals surface area contributed by atoms with E-state index in [-0.39, 0.29) is 6.71 Å². The first-order chi connectivity index (χ1) is 22.2. The molecule has 4 nitrogen and oxygen atoms in total. The molecule has 0 unspecified atom stereocenters. The summed E-state index contributed by atoms with van der Waals surface area (Å²) in [4.78, 5) is 8.94. The smallest absolute Gasteiger partial charge is 0.241 e. The molecule has 0 atom stereocenters. The van der Waals surface area contributed by atoms with E-state index in [2.05, 4.69) is 156 Å². The summed E-state index contributed by atoms with van der Waals surface area (Å²) < 4.78 is 6.26. The van der Waals surface area contributed by atoms with Crippen LogP contribution in [-0.2, 0) is 0 Å². The van der Waals surface area contributed by atoms with Gasteiger partial charge >= 0.3 is 0 Å². The van der Waals surface area contributed by atoms with Crippen molar-refractivity contribution in [2.45, 2.75) is 0 Å². The van der Waals surface area contributed by atoms with E-state index in [0.717, 1.165) is 12.4 Å². The molecule has 45 heavy (non-hydrogen) atoms. The average molecular weight is 598 g/mol. The van der Waals surface area contributed by atoms with Crippen LogP contribution < -0.4 is 46.8 Å². The van der Waals surface area contributed by atoms with E-state index in [1.165, 1.54) is 42.8 Å². The molecule has 2 aliphatic heterocycles. The SMILES string of the molecule is CN1C=CN(c2ccc3c(c2)B(c2cccc(Oc4ccccn4)c2)c2ccccc2[Si]3(c2ccccc2)c2ccccc2)C1. The quantitative estimate of drug-likeness (QED) is 0.276. The molecule has 0 radical (unpaired) electrons. The van der Waals surface area contributed by atoms with Crippen molar-refractivity contribution in [3.05, 3.63) is 164 Å². The van der Waals surface area contributed by atoms with Gasteiger partial charge in [0.1, 0.15) is 5.75 Å². The summed E-state index contributed by atoms with van der Waals surface area (Å²) in [6, 6.07) is 53.0. The number of pyridine rings is 1. The third-order valence-corrected chi connectivity index (χ3v) is 14.0. The molecule has 216 valence electrons. The first-order valence-electron chi connectivity index (χ1n) is 15.4. The fourth-order valence-electron chi connectivity index (χ4n) is 7.22. The van der Waals surface area contributed by atoms with Crippen molar-refractivity contribution in [2.24, 2.45) is 0 Å². The van der Waals surface area contributed by atoms with Gasteiger partial charge in [-0.25, -0.2) is 4.98 Å². The summed E-state index contributed by atoms with van der Waals surface area (Å²) in [6.45, 7) is 0.855. The highest BCUT2D eigenvalue weighted by Gasteiger charge is 2.50. The minimum Gasteiger partial charge on any atom is -0.439 e. The Hall–Kier alpha value is -5.33. The lowest BCUT2D eigenvalue weighted by Gasteiger charge is -2.43. The number of fused-ring (bicyclic) bond motifs is 2. The van der Waals surface area contributed by atoms with E-state index >= 15 is 0 Å². The van der Waals surface area contributed by atoms with E-state index < -0.39 is 8.07 Å². The Labute approximate surface area is 266 Å². The standard InChI is InChI=1S/C39H32BN3OSi/c1-42-25-26-43(29-42)31-22-23-38-36(28-31)40(30-13-12-14-32(27-30)44-39-21-10-11-24-41-39)35-19-8-9-20-37(35)45(38,33-15-4-2-5-16-33)34-17-6-3-7-18-34/h2-28H,29H2,1H3. The zero-order valence-electron chi connectivity index (χ0n) is 25.1. The van der Waals surface area contributed by atoms with Gasteiger partial charge in [0.25, 0.3) is 0 Å². The second-order valence-corrected chi connectivity index (χ2v) is 15.5. The highest BCUT2D eigenvalue weighted by Crippen LogP contribution is 2.22. The molecule has 0 aliphatic carbocycles. The van der Waals surface area contributed by atoms with Gasteiger partial charge in [0.2, 0.25) is 12.6 Å². The van der Waals surface area contributed by atoms with Crippen LogP contribution in [0, 0.1) is 0 Å². The van der Waals surface area contributed by atoms with Crippen molar-refractivity contribution in [3.8, 4) is 11.6 Å². The van der Waals surface area contributed by atoms with Gasteiger partial charge in [-0.2, -0.15) is 0 Å². The summed E-state index contributed by atoms with van der Waals surface area (Å²) in [7, 11) is -0.575. The predicted octanol–water partition coefficient (Wildman–Crippen LogP) is 3.26. The molecule has 3 heterocycles.